The van der Waals surface area contributed by atoms with Crippen molar-refractivity contribution in [1.29, 1.82) is 0 Å². The summed E-state index contributed by atoms with van der Waals surface area (Å²) in [6.07, 6.45) is 1.61. The van der Waals surface area contributed by atoms with Crippen molar-refractivity contribution < 1.29 is 14.6 Å². The minimum atomic E-state index is -0.692. The summed E-state index contributed by atoms with van der Waals surface area (Å²) in [7, 11) is 0. The average molecular weight is 539 g/mol. The predicted octanol–water partition coefficient (Wildman–Crippen LogP) is 5.23. The summed E-state index contributed by atoms with van der Waals surface area (Å²) in [6.45, 7) is 5.67. The van der Waals surface area contributed by atoms with E-state index in [4.69, 9.17) is 4.74 Å². The van der Waals surface area contributed by atoms with Gasteiger partial charge in [-0.3, -0.25) is 9.36 Å². The Labute approximate surface area is 228 Å². The minimum Gasteiger partial charge on any atom is -0.507 e. The molecule has 196 valence electrons. The van der Waals surface area contributed by atoms with E-state index in [0.717, 1.165) is 11.1 Å². The summed E-state index contributed by atoms with van der Waals surface area (Å²) >= 11 is 1.19. The zero-order valence-corrected chi connectivity index (χ0v) is 22.5. The standard InChI is InChI=1S/C30H26N4O4S/c1-4-38-29(37)26-19(3)31-30-34(27(26)20-12-10-18(2)11-13-20)28(36)25(39-30)17-21-16-23(14-15-24(21)35)33-32-22-8-6-5-7-9-22/h5-17,27,35H,4H2,1-3H3/b25-17+,33-32?/t27-/m0/s1. The normalized spacial score (nSPS) is 15.4. The van der Waals surface area contributed by atoms with Gasteiger partial charge >= 0.3 is 5.97 Å². The lowest BCUT2D eigenvalue weighted by Gasteiger charge is -2.24. The lowest BCUT2D eigenvalue weighted by Crippen LogP contribution is -2.39. The number of aromatic nitrogens is 1. The van der Waals surface area contributed by atoms with Crippen LogP contribution in [0.3, 0.4) is 0 Å². The number of phenols is 1. The van der Waals surface area contributed by atoms with Gasteiger partial charge in [-0.25, -0.2) is 9.79 Å². The predicted molar refractivity (Wildman–Crippen MR) is 150 cm³/mol. The van der Waals surface area contributed by atoms with E-state index in [2.05, 4.69) is 15.2 Å². The minimum absolute atomic E-state index is 0.00188. The van der Waals surface area contributed by atoms with Crippen molar-refractivity contribution >= 4 is 34.8 Å². The second-order valence-corrected chi connectivity index (χ2v) is 10.0. The molecule has 0 amide bonds. The van der Waals surface area contributed by atoms with Crippen LogP contribution in [0.2, 0.25) is 0 Å². The Morgan fingerprint density at radius 3 is 2.49 bits per heavy atom. The molecule has 9 heteroatoms. The van der Waals surface area contributed by atoms with Crippen LogP contribution < -0.4 is 14.9 Å². The highest BCUT2D eigenvalue weighted by atomic mass is 32.1. The van der Waals surface area contributed by atoms with Crippen molar-refractivity contribution in [1.82, 2.24) is 4.57 Å². The second kappa shape index (κ2) is 11.0. The molecule has 0 saturated heterocycles. The summed E-state index contributed by atoms with van der Waals surface area (Å²) in [4.78, 5) is 31.9. The highest BCUT2D eigenvalue weighted by Crippen LogP contribution is 2.31. The van der Waals surface area contributed by atoms with Crippen LogP contribution in [0, 0.1) is 6.92 Å². The van der Waals surface area contributed by atoms with Crippen molar-refractivity contribution in [3.63, 3.8) is 0 Å². The van der Waals surface area contributed by atoms with Gasteiger partial charge in [0.05, 0.1) is 39.8 Å². The number of hydrogen-bond donors (Lipinski definition) is 1. The van der Waals surface area contributed by atoms with Crippen LogP contribution in [-0.4, -0.2) is 22.2 Å². The van der Waals surface area contributed by atoms with Gasteiger partial charge in [-0.05, 0) is 62.7 Å². The molecule has 0 saturated carbocycles. The number of azo groups is 1. The fourth-order valence-corrected chi connectivity index (χ4v) is 5.36. The van der Waals surface area contributed by atoms with Gasteiger partial charge in [0, 0.05) is 5.56 Å². The first-order chi connectivity index (χ1) is 18.9. The number of hydrogen-bond acceptors (Lipinski definition) is 8. The second-order valence-electron chi connectivity index (χ2n) is 8.99. The van der Waals surface area contributed by atoms with Crippen molar-refractivity contribution in [2.45, 2.75) is 26.8 Å². The summed E-state index contributed by atoms with van der Waals surface area (Å²) in [6, 6.07) is 21.1. The highest BCUT2D eigenvalue weighted by molar-refractivity contribution is 7.07. The lowest BCUT2D eigenvalue weighted by molar-refractivity contribution is -0.139. The van der Waals surface area contributed by atoms with E-state index >= 15 is 0 Å². The fraction of sp³-hybridized carbons (Fsp3) is 0.167. The van der Waals surface area contributed by atoms with Gasteiger partial charge in [-0.15, -0.1) is 0 Å². The molecule has 5 rings (SSSR count). The number of allylic oxidation sites excluding steroid dienone is 1. The average Bonchev–Trinajstić information content (AvgIpc) is 3.23. The van der Waals surface area contributed by atoms with E-state index < -0.39 is 12.0 Å². The van der Waals surface area contributed by atoms with Crippen molar-refractivity contribution in [2.24, 2.45) is 15.2 Å². The first-order valence-electron chi connectivity index (χ1n) is 12.4. The van der Waals surface area contributed by atoms with Gasteiger partial charge in [0.15, 0.2) is 4.80 Å². The molecule has 8 nitrogen and oxygen atoms in total. The molecule has 0 fully saturated rings. The monoisotopic (exact) mass is 538 g/mol. The molecule has 0 aliphatic carbocycles. The molecule has 1 aliphatic rings. The van der Waals surface area contributed by atoms with Crippen molar-refractivity contribution in [3.8, 4) is 5.75 Å². The smallest absolute Gasteiger partial charge is 0.338 e. The molecule has 1 aliphatic heterocycles. The maximum absolute atomic E-state index is 13.8. The number of carbonyl (C=O) groups is 1. The largest absolute Gasteiger partial charge is 0.507 e. The van der Waals surface area contributed by atoms with Crippen LogP contribution in [0.15, 0.2) is 104 Å². The number of carbonyl (C=O) groups excluding carboxylic acids is 1. The quantitative estimate of drug-likeness (QED) is 0.268. The fourth-order valence-electron chi connectivity index (χ4n) is 4.33. The molecule has 0 unspecified atom stereocenters. The third kappa shape index (κ3) is 5.35. The zero-order valence-electron chi connectivity index (χ0n) is 21.7. The van der Waals surface area contributed by atoms with Crippen LogP contribution in [0.5, 0.6) is 5.75 Å². The van der Waals surface area contributed by atoms with E-state index in [9.17, 15) is 14.7 Å². The number of esters is 1. The van der Waals surface area contributed by atoms with Gasteiger partial charge in [-0.1, -0.05) is 59.4 Å². The van der Waals surface area contributed by atoms with Gasteiger partial charge in [0.2, 0.25) is 0 Å². The number of aromatic hydroxyl groups is 1. The molecule has 0 bridgehead atoms. The Morgan fingerprint density at radius 2 is 1.77 bits per heavy atom. The van der Waals surface area contributed by atoms with Gasteiger partial charge < -0.3 is 9.84 Å². The number of phenolic OH excluding ortho intramolecular Hbond substituents is 1. The number of rotatable bonds is 6. The van der Waals surface area contributed by atoms with Gasteiger partial charge in [0.1, 0.15) is 5.75 Å². The Bertz CT molecular complexity index is 1790. The molecule has 1 atom stereocenters. The number of aryl methyl sites for hydroxylation is 1. The number of benzene rings is 3. The van der Waals surface area contributed by atoms with Crippen LogP contribution >= 0.6 is 11.3 Å². The molecule has 4 aromatic rings. The molecule has 1 N–H and O–H groups in total. The highest BCUT2D eigenvalue weighted by Gasteiger charge is 2.33. The van der Waals surface area contributed by atoms with E-state index in [-0.39, 0.29) is 17.9 Å². The third-order valence-corrected chi connectivity index (χ3v) is 7.23. The number of thiazole rings is 1. The lowest BCUT2D eigenvalue weighted by atomic mass is 9.95. The summed E-state index contributed by atoms with van der Waals surface area (Å²) in [5.41, 5.74) is 3.97. The summed E-state index contributed by atoms with van der Waals surface area (Å²) in [5, 5.41) is 19.0. The zero-order chi connectivity index (χ0) is 27.5. The van der Waals surface area contributed by atoms with Crippen LogP contribution in [0.25, 0.3) is 6.08 Å². The topological polar surface area (TPSA) is 106 Å². The molecular weight excluding hydrogens is 512 g/mol. The molecule has 0 radical (unpaired) electrons. The third-order valence-electron chi connectivity index (χ3n) is 6.24. The van der Waals surface area contributed by atoms with Crippen LogP contribution in [0.1, 0.15) is 36.6 Å². The van der Waals surface area contributed by atoms with Crippen molar-refractivity contribution in [3.05, 3.63) is 120 Å². The van der Waals surface area contributed by atoms with Crippen LogP contribution in [-0.2, 0) is 9.53 Å². The molecule has 3 aromatic carbocycles. The Morgan fingerprint density at radius 1 is 1.05 bits per heavy atom. The number of ether oxygens (including phenoxy) is 1. The Balaban J connectivity index is 1.62. The van der Waals surface area contributed by atoms with E-state index in [1.165, 1.54) is 22.0 Å². The molecule has 39 heavy (non-hydrogen) atoms. The molecule has 0 spiro atoms. The van der Waals surface area contributed by atoms with Gasteiger partial charge in [0.25, 0.3) is 5.56 Å². The Hall–Kier alpha value is -4.63. The van der Waals surface area contributed by atoms with E-state index in [0.29, 0.717) is 37.5 Å². The first-order valence-corrected chi connectivity index (χ1v) is 13.2. The molecule has 1 aromatic heterocycles. The van der Waals surface area contributed by atoms with E-state index in [1.807, 2.05) is 61.5 Å². The van der Waals surface area contributed by atoms with E-state index in [1.54, 1.807) is 32.1 Å². The SMILES string of the molecule is CCOC(=O)C1=C(C)N=c2s/c(=C/c3cc(N=Nc4ccccc4)ccc3O)c(=O)n2[C@H]1c1ccc(C)cc1. The maximum atomic E-state index is 13.8. The summed E-state index contributed by atoms with van der Waals surface area (Å²) in [5.74, 6) is -0.509. The number of fused-ring (bicyclic) bond motifs is 1. The number of nitrogens with zero attached hydrogens (tertiary/aromatic N) is 4. The van der Waals surface area contributed by atoms with Crippen LogP contribution in [0.4, 0.5) is 11.4 Å². The maximum Gasteiger partial charge on any atom is 0.338 e. The van der Waals surface area contributed by atoms with Crippen molar-refractivity contribution in [2.75, 3.05) is 6.61 Å². The first kappa shape index (κ1) is 26.0. The summed E-state index contributed by atoms with van der Waals surface area (Å²) < 4.78 is 7.22. The Kier molecular flexibility index (Phi) is 7.33. The van der Waals surface area contributed by atoms with Gasteiger partial charge in [-0.2, -0.15) is 10.2 Å². The molecular formula is C30H26N4O4S. The molecule has 2 heterocycles.